The highest BCUT2D eigenvalue weighted by Crippen LogP contribution is 2.22. The normalized spacial score (nSPS) is 19.2. The fraction of sp³-hybridized carbons (Fsp3) is 0.500. The second kappa shape index (κ2) is 6.35. The van der Waals surface area contributed by atoms with E-state index in [1.807, 2.05) is 0 Å². The highest BCUT2D eigenvalue weighted by atomic mass is 32.2. The van der Waals surface area contributed by atoms with Crippen molar-refractivity contribution in [3.63, 3.8) is 0 Å². The lowest BCUT2D eigenvalue weighted by atomic mass is 10.1. The zero-order chi connectivity index (χ0) is 15.5. The molecule has 1 fully saturated rings. The maximum absolute atomic E-state index is 13.6. The summed E-state index contributed by atoms with van der Waals surface area (Å²) in [4.78, 5) is 9.93. The van der Waals surface area contributed by atoms with Crippen molar-refractivity contribution >= 4 is 21.4 Å². The van der Waals surface area contributed by atoms with E-state index in [4.69, 9.17) is 0 Å². The molecule has 2 rings (SSSR count). The fourth-order valence-electron chi connectivity index (χ4n) is 2.25. The number of piperidine rings is 1. The first kappa shape index (κ1) is 15.6. The molecule has 0 spiro atoms. The van der Waals surface area contributed by atoms with Gasteiger partial charge in [0.05, 0.1) is 16.4 Å². The molecule has 0 bridgehead atoms. The summed E-state index contributed by atoms with van der Waals surface area (Å²) in [5, 5.41) is 13.7. The summed E-state index contributed by atoms with van der Waals surface area (Å²) in [5.74, 6) is -1.03. The Morgan fingerprint density at radius 3 is 2.81 bits per heavy atom. The summed E-state index contributed by atoms with van der Waals surface area (Å²) in [7, 11) is -3.77. The number of benzene rings is 1. The first-order valence-corrected chi connectivity index (χ1v) is 8.20. The Morgan fingerprint density at radius 2 is 2.19 bits per heavy atom. The number of sulfonamides is 1. The summed E-state index contributed by atoms with van der Waals surface area (Å²) in [6.07, 6.45) is 2.68. The number of anilines is 1. The maximum Gasteiger partial charge on any atom is 0.271 e. The second-order valence-electron chi connectivity index (χ2n) is 4.95. The third-order valence-corrected chi connectivity index (χ3v) is 4.63. The quantitative estimate of drug-likeness (QED) is 0.635. The number of hydrogen-bond acceptors (Lipinski definition) is 5. The molecule has 1 aliphatic rings. The summed E-state index contributed by atoms with van der Waals surface area (Å²) in [6.45, 7) is 0.755. The van der Waals surface area contributed by atoms with E-state index in [0.717, 1.165) is 44.0 Å². The van der Waals surface area contributed by atoms with Crippen LogP contribution in [0.3, 0.4) is 0 Å². The number of rotatable bonds is 5. The third kappa shape index (κ3) is 4.36. The number of nitrogens with zero attached hydrogens (tertiary/aromatic N) is 1. The van der Waals surface area contributed by atoms with Gasteiger partial charge in [0.15, 0.2) is 0 Å². The number of non-ortho nitro benzene ring substituents is 1. The Hall–Kier alpha value is -1.74. The van der Waals surface area contributed by atoms with Crippen LogP contribution in [0.2, 0.25) is 0 Å². The summed E-state index contributed by atoms with van der Waals surface area (Å²) >= 11 is 0. The number of nitro benzene ring substituents is 1. The van der Waals surface area contributed by atoms with E-state index >= 15 is 0 Å². The van der Waals surface area contributed by atoms with Crippen LogP contribution < -0.4 is 10.0 Å². The van der Waals surface area contributed by atoms with Gasteiger partial charge in [0.1, 0.15) is 5.82 Å². The summed E-state index contributed by atoms with van der Waals surface area (Å²) in [5.41, 5.74) is -0.773. The van der Waals surface area contributed by atoms with Crippen LogP contribution in [0.1, 0.15) is 19.3 Å². The summed E-state index contributed by atoms with van der Waals surface area (Å²) in [6, 6.07) is 2.55. The molecule has 0 aromatic heterocycles. The Bertz CT molecular complexity index is 629. The number of halogens is 1. The van der Waals surface area contributed by atoms with Gasteiger partial charge in [-0.15, -0.1) is 0 Å². The van der Waals surface area contributed by atoms with E-state index in [0.29, 0.717) is 0 Å². The smallest absolute Gasteiger partial charge is 0.271 e. The van der Waals surface area contributed by atoms with Crippen LogP contribution in [0.15, 0.2) is 18.2 Å². The zero-order valence-corrected chi connectivity index (χ0v) is 12.0. The van der Waals surface area contributed by atoms with Crippen molar-refractivity contribution in [3.8, 4) is 0 Å². The standard InChI is InChI=1S/C12H16FN3O4S/c13-11-5-4-10(16(17)18)7-12(11)15-21(19,20)8-9-3-1-2-6-14-9/h4-5,7,9,14-15H,1-3,6,8H2. The highest BCUT2D eigenvalue weighted by molar-refractivity contribution is 7.92. The maximum atomic E-state index is 13.6. The van der Waals surface area contributed by atoms with Gasteiger partial charge in [0.2, 0.25) is 10.0 Å². The van der Waals surface area contributed by atoms with Crippen LogP contribution >= 0.6 is 0 Å². The zero-order valence-electron chi connectivity index (χ0n) is 11.2. The Balaban J connectivity index is 2.12. The van der Waals surface area contributed by atoms with Gasteiger partial charge >= 0.3 is 0 Å². The van der Waals surface area contributed by atoms with Gasteiger partial charge in [-0.2, -0.15) is 0 Å². The lowest BCUT2D eigenvalue weighted by molar-refractivity contribution is -0.384. The number of nitrogens with one attached hydrogen (secondary N) is 2. The van der Waals surface area contributed by atoms with E-state index in [2.05, 4.69) is 10.0 Å². The Kier molecular flexibility index (Phi) is 4.73. The molecule has 0 radical (unpaired) electrons. The third-order valence-electron chi connectivity index (χ3n) is 3.26. The van der Waals surface area contributed by atoms with Crippen molar-refractivity contribution < 1.29 is 17.7 Å². The van der Waals surface area contributed by atoms with Crippen molar-refractivity contribution in [2.75, 3.05) is 17.0 Å². The molecule has 1 aromatic carbocycles. The van der Waals surface area contributed by atoms with Crippen LogP contribution in [-0.4, -0.2) is 31.7 Å². The minimum atomic E-state index is -3.77. The molecule has 1 aromatic rings. The Morgan fingerprint density at radius 1 is 1.43 bits per heavy atom. The van der Waals surface area contributed by atoms with Gasteiger partial charge in [-0.1, -0.05) is 6.42 Å². The molecule has 2 N–H and O–H groups in total. The molecule has 116 valence electrons. The van der Waals surface area contributed by atoms with Crippen molar-refractivity contribution in [2.24, 2.45) is 0 Å². The molecular weight excluding hydrogens is 301 g/mol. The van der Waals surface area contributed by atoms with E-state index in [9.17, 15) is 22.9 Å². The highest BCUT2D eigenvalue weighted by Gasteiger charge is 2.22. The van der Waals surface area contributed by atoms with E-state index in [1.165, 1.54) is 0 Å². The predicted octanol–water partition coefficient (Wildman–Crippen LogP) is 1.62. The molecule has 0 amide bonds. The largest absolute Gasteiger partial charge is 0.313 e. The van der Waals surface area contributed by atoms with E-state index in [-0.39, 0.29) is 17.5 Å². The van der Waals surface area contributed by atoms with Gasteiger partial charge in [-0.25, -0.2) is 12.8 Å². The van der Waals surface area contributed by atoms with Crippen molar-refractivity contribution in [1.82, 2.24) is 5.32 Å². The minimum Gasteiger partial charge on any atom is -0.313 e. The lowest BCUT2D eigenvalue weighted by Gasteiger charge is -2.23. The SMILES string of the molecule is O=[N+]([O-])c1ccc(F)c(NS(=O)(=O)CC2CCCCN2)c1. The average Bonchev–Trinajstić information content (AvgIpc) is 2.41. The molecule has 9 heteroatoms. The van der Waals surface area contributed by atoms with Crippen LogP contribution in [0.25, 0.3) is 0 Å². The van der Waals surface area contributed by atoms with Gasteiger partial charge in [0.25, 0.3) is 5.69 Å². The predicted molar refractivity (Wildman–Crippen MR) is 76.1 cm³/mol. The minimum absolute atomic E-state index is 0.182. The van der Waals surface area contributed by atoms with Gasteiger partial charge < -0.3 is 5.32 Å². The molecule has 1 heterocycles. The number of nitro groups is 1. The topological polar surface area (TPSA) is 101 Å². The molecule has 1 saturated heterocycles. The first-order valence-electron chi connectivity index (χ1n) is 6.55. The fourth-order valence-corrected chi connectivity index (χ4v) is 3.63. The van der Waals surface area contributed by atoms with E-state index in [1.54, 1.807) is 0 Å². The first-order chi connectivity index (χ1) is 9.87. The Labute approximate surface area is 121 Å². The molecule has 21 heavy (non-hydrogen) atoms. The van der Waals surface area contributed by atoms with Crippen LogP contribution in [-0.2, 0) is 10.0 Å². The van der Waals surface area contributed by atoms with Gasteiger partial charge in [-0.3, -0.25) is 14.8 Å². The van der Waals surface area contributed by atoms with Crippen molar-refractivity contribution in [2.45, 2.75) is 25.3 Å². The van der Waals surface area contributed by atoms with Crippen LogP contribution in [0, 0.1) is 15.9 Å². The van der Waals surface area contributed by atoms with Crippen LogP contribution in [0.5, 0.6) is 0 Å². The number of hydrogen-bond donors (Lipinski definition) is 2. The van der Waals surface area contributed by atoms with Crippen LogP contribution in [0.4, 0.5) is 15.8 Å². The molecule has 7 nitrogen and oxygen atoms in total. The molecule has 0 aliphatic carbocycles. The molecule has 0 saturated carbocycles. The lowest BCUT2D eigenvalue weighted by Crippen LogP contribution is -2.40. The van der Waals surface area contributed by atoms with Gasteiger partial charge in [-0.05, 0) is 25.5 Å². The van der Waals surface area contributed by atoms with Crippen molar-refractivity contribution in [1.29, 1.82) is 0 Å². The second-order valence-corrected chi connectivity index (χ2v) is 6.72. The molecule has 1 atom stereocenters. The molecule has 1 unspecified atom stereocenters. The van der Waals surface area contributed by atoms with Gasteiger partial charge in [0, 0.05) is 18.2 Å². The molecular formula is C12H16FN3O4S. The van der Waals surface area contributed by atoms with E-state index < -0.39 is 26.5 Å². The van der Waals surface area contributed by atoms with Crippen molar-refractivity contribution in [3.05, 3.63) is 34.1 Å². The monoisotopic (exact) mass is 317 g/mol. The summed E-state index contributed by atoms with van der Waals surface area (Å²) < 4.78 is 39.7. The molecule has 1 aliphatic heterocycles. The average molecular weight is 317 g/mol.